The smallest absolute Gasteiger partial charge is 0.257 e. The molecule has 0 saturated heterocycles. The Hall–Kier alpha value is -2.46. The number of carbonyl (C=O) groups excluding carboxylic acids is 1. The van der Waals surface area contributed by atoms with Crippen LogP contribution in [0, 0.1) is 6.92 Å². The zero-order valence-electron chi connectivity index (χ0n) is 14.9. The summed E-state index contributed by atoms with van der Waals surface area (Å²) in [6.07, 6.45) is 0. The first-order valence-corrected chi connectivity index (χ1v) is 9.88. The first-order chi connectivity index (χ1) is 12.7. The summed E-state index contributed by atoms with van der Waals surface area (Å²) in [6.45, 7) is 2.78. The second-order valence-corrected chi connectivity index (χ2v) is 7.29. The standard InChI is InChI=1S/C22H23NO2S/c1-17-6-8-18(9-7-17)16-26-13-12-23-22(24)15-25-21-11-10-19-4-2-3-5-20(19)14-21/h2-11,14H,12-13,15-16H2,1H3,(H,23,24). The zero-order chi connectivity index (χ0) is 18.2. The molecule has 0 heterocycles. The van der Waals surface area contributed by atoms with Gasteiger partial charge in [0.1, 0.15) is 5.75 Å². The molecule has 3 rings (SSSR count). The number of nitrogens with one attached hydrogen (secondary N) is 1. The molecule has 0 spiro atoms. The van der Waals surface area contributed by atoms with E-state index in [1.54, 1.807) is 0 Å². The van der Waals surface area contributed by atoms with Gasteiger partial charge in [0.15, 0.2) is 6.61 Å². The molecule has 0 aliphatic rings. The number of thioether (sulfide) groups is 1. The largest absolute Gasteiger partial charge is 0.484 e. The summed E-state index contributed by atoms with van der Waals surface area (Å²) >= 11 is 1.81. The van der Waals surface area contributed by atoms with Gasteiger partial charge >= 0.3 is 0 Å². The fraction of sp³-hybridized carbons (Fsp3) is 0.227. The minimum Gasteiger partial charge on any atom is -0.484 e. The normalized spacial score (nSPS) is 10.7. The maximum atomic E-state index is 11.9. The number of benzene rings is 3. The topological polar surface area (TPSA) is 38.3 Å². The van der Waals surface area contributed by atoms with Crippen molar-refractivity contribution in [2.45, 2.75) is 12.7 Å². The van der Waals surface area contributed by atoms with Crippen molar-refractivity contribution in [2.75, 3.05) is 18.9 Å². The molecule has 0 aliphatic carbocycles. The average molecular weight is 365 g/mol. The van der Waals surface area contributed by atoms with Gasteiger partial charge in [-0.1, -0.05) is 60.2 Å². The van der Waals surface area contributed by atoms with Gasteiger partial charge in [-0.2, -0.15) is 11.8 Å². The van der Waals surface area contributed by atoms with Gasteiger partial charge in [-0.05, 0) is 35.4 Å². The van der Waals surface area contributed by atoms with Gasteiger partial charge in [-0.25, -0.2) is 0 Å². The third-order valence-electron chi connectivity index (χ3n) is 4.05. The van der Waals surface area contributed by atoms with Crippen LogP contribution in [0.3, 0.4) is 0 Å². The molecule has 0 fully saturated rings. The fourth-order valence-electron chi connectivity index (χ4n) is 2.59. The number of ether oxygens (including phenoxy) is 1. The maximum absolute atomic E-state index is 11.9. The van der Waals surface area contributed by atoms with Crippen LogP contribution in [0.5, 0.6) is 5.75 Å². The lowest BCUT2D eigenvalue weighted by Gasteiger charge is -2.08. The van der Waals surface area contributed by atoms with Gasteiger partial charge in [0.05, 0.1) is 0 Å². The predicted molar refractivity (Wildman–Crippen MR) is 110 cm³/mol. The van der Waals surface area contributed by atoms with Crippen LogP contribution in [0.1, 0.15) is 11.1 Å². The molecule has 0 aliphatic heterocycles. The minimum atomic E-state index is -0.0888. The van der Waals surface area contributed by atoms with Crippen molar-refractivity contribution in [3.63, 3.8) is 0 Å². The quantitative estimate of drug-likeness (QED) is 0.594. The van der Waals surface area contributed by atoms with E-state index in [2.05, 4.69) is 42.6 Å². The molecule has 1 N–H and O–H groups in total. The Morgan fingerprint density at radius 3 is 2.58 bits per heavy atom. The number of carbonyl (C=O) groups is 1. The summed E-state index contributed by atoms with van der Waals surface area (Å²) in [7, 11) is 0. The molecule has 0 bridgehead atoms. The fourth-order valence-corrected chi connectivity index (χ4v) is 3.41. The van der Waals surface area contributed by atoms with E-state index in [4.69, 9.17) is 4.74 Å². The van der Waals surface area contributed by atoms with Gasteiger partial charge in [0, 0.05) is 18.1 Å². The number of fused-ring (bicyclic) bond motifs is 1. The second kappa shape index (κ2) is 9.30. The van der Waals surface area contributed by atoms with Crippen LogP contribution in [-0.4, -0.2) is 24.8 Å². The number of amides is 1. The zero-order valence-corrected chi connectivity index (χ0v) is 15.7. The molecule has 3 aromatic rings. The van der Waals surface area contributed by atoms with Crippen LogP contribution in [0.25, 0.3) is 10.8 Å². The van der Waals surface area contributed by atoms with E-state index in [-0.39, 0.29) is 12.5 Å². The summed E-state index contributed by atoms with van der Waals surface area (Å²) in [5.74, 6) is 2.47. The summed E-state index contributed by atoms with van der Waals surface area (Å²) < 4.78 is 5.59. The number of hydrogen-bond acceptors (Lipinski definition) is 3. The summed E-state index contributed by atoms with van der Waals surface area (Å²) in [5, 5.41) is 5.17. The van der Waals surface area contributed by atoms with Crippen molar-refractivity contribution in [3.8, 4) is 5.75 Å². The van der Waals surface area contributed by atoms with Crippen molar-refractivity contribution in [1.82, 2.24) is 5.32 Å². The van der Waals surface area contributed by atoms with Gasteiger partial charge in [0.2, 0.25) is 0 Å². The minimum absolute atomic E-state index is 0.0426. The first kappa shape index (κ1) is 18.3. The van der Waals surface area contributed by atoms with Gasteiger partial charge in [-0.15, -0.1) is 0 Å². The van der Waals surface area contributed by atoms with Crippen molar-refractivity contribution >= 4 is 28.4 Å². The highest BCUT2D eigenvalue weighted by atomic mass is 32.2. The highest BCUT2D eigenvalue weighted by Crippen LogP contribution is 2.20. The Morgan fingerprint density at radius 2 is 1.77 bits per heavy atom. The summed E-state index contributed by atoms with van der Waals surface area (Å²) in [4.78, 5) is 11.9. The molecule has 3 aromatic carbocycles. The third-order valence-corrected chi connectivity index (χ3v) is 5.08. The molecule has 1 amide bonds. The Balaban J connectivity index is 1.34. The van der Waals surface area contributed by atoms with Crippen LogP contribution in [0.2, 0.25) is 0 Å². The van der Waals surface area contributed by atoms with Gasteiger partial charge in [-0.3, -0.25) is 4.79 Å². The van der Waals surface area contributed by atoms with Crippen LogP contribution in [-0.2, 0) is 10.5 Å². The molecule has 0 unspecified atom stereocenters. The van der Waals surface area contributed by atoms with Crippen LogP contribution < -0.4 is 10.1 Å². The molecule has 0 saturated carbocycles. The van der Waals surface area contributed by atoms with Gasteiger partial charge in [0.25, 0.3) is 5.91 Å². The Labute approximate surface area is 158 Å². The highest BCUT2D eigenvalue weighted by Gasteiger charge is 2.03. The van der Waals surface area contributed by atoms with Crippen LogP contribution >= 0.6 is 11.8 Å². The van der Waals surface area contributed by atoms with Crippen molar-refractivity contribution in [3.05, 3.63) is 77.9 Å². The number of hydrogen-bond donors (Lipinski definition) is 1. The Bertz CT molecular complexity index is 861. The summed E-state index contributed by atoms with van der Waals surface area (Å²) in [6, 6.07) is 22.5. The van der Waals surface area contributed by atoms with Crippen molar-refractivity contribution in [2.24, 2.45) is 0 Å². The molecule has 134 valence electrons. The van der Waals surface area contributed by atoms with E-state index < -0.39 is 0 Å². The highest BCUT2D eigenvalue weighted by molar-refractivity contribution is 7.98. The monoisotopic (exact) mass is 365 g/mol. The van der Waals surface area contributed by atoms with E-state index in [0.29, 0.717) is 12.3 Å². The molecular formula is C22H23NO2S. The van der Waals surface area contributed by atoms with E-state index in [9.17, 15) is 4.79 Å². The molecule has 3 nitrogen and oxygen atoms in total. The van der Waals surface area contributed by atoms with E-state index >= 15 is 0 Å². The predicted octanol–water partition coefficient (Wildman–Crippen LogP) is 4.58. The van der Waals surface area contributed by atoms with E-state index in [0.717, 1.165) is 22.3 Å². The lowest BCUT2D eigenvalue weighted by molar-refractivity contribution is -0.122. The number of rotatable bonds is 8. The number of aryl methyl sites for hydroxylation is 1. The van der Waals surface area contributed by atoms with Crippen LogP contribution in [0.4, 0.5) is 0 Å². The van der Waals surface area contributed by atoms with E-state index in [1.165, 1.54) is 11.1 Å². The second-order valence-electron chi connectivity index (χ2n) is 6.19. The molecule has 4 heteroatoms. The van der Waals surface area contributed by atoms with E-state index in [1.807, 2.05) is 48.2 Å². The lowest BCUT2D eigenvalue weighted by Crippen LogP contribution is -2.30. The Kier molecular flexibility index (Phi) is 6.56. The third kappa shape index (κ3) is 5.53. The maximum Gasteiger partial charge on any atom is 0.257 e. The lowest BCUT2D eigenvalue weighted by atomic mass is 10.1. The average Bonchev–Trinajstić information content (AvgIpc) is 2.67. The molecule has 0 radical (unpaired) electrons. The molecular weight excluding hydrogens is 342 g/mol. The first-order valence-electron chi connectivity index (χ1n) is 8.72. The molecule has 26 heavy (non-hydrogen) atoms. The van der Waals surface area contributed by atoms with Crippen molar-refractivity contribution in [1.29, 1.82) is 0 Å². The van der Waals surface area contributed by atoms with Crippen molar-refractivity contribution < 1.29 is 9.53 Å². The molecule has 0 atom stereocenters. The SMILES string of the molecule is Cc1ccc(CSCCNC(=O)COc2ccc3ccccc3c2)cc1. The Morgan fingerprint density at radius 1 is 1.00 bits per heavy atom. The van der Waals surface area contributed by atoms with Gasteiger partial charge < -0.3 is 10.1 Å². The van der Waals surface area contributed by atoms with Crippen LogP contribution in [0.15, 0.2) is 66.7 Å². The summed E-state index contributed by atoms with van der Waals surface area (Å²) in [5.41, 5.74) is 2.59. The molecule has 0 aromatic heterocycles.